The van der Waals surface area contributed by atoms with Crippen LogP contribution in [0.3, 0.4) is 0 Å². The van der Waals surface area contributed by atoms with Crippen LogP contribution in [-0.2, 0) is 0 Å². The molecule has 1 rings (SSSR count). The summed E-state index contributed by atoms with van der Waals surface area (Å²) in [6.07, 6.45) is 0. The van der Waals surface area contributed by atoms with Crippen molar-refractivity contribution >= 4 is 11.6 Å². The molecule has 0 saturated carbocycles. The van der Waals surface area contributed by atoms with Crippen molar-refractivity contribution in [2.45, 2.75) is 0 Å². The van der Waals surface area contributed by atoms with Crippen LogP contribution in [0.4, 0.5) is 0 Å². The van der Waals surface area contributed by atoms with E-state index in [0.717, 1.165) is 0 Å². The standard InChI is InChI=1S/C10H13ClO3/c1-12-8-5-9(13-2)7-10(6-8)14-4-3-11/h5-7H,3-4H2,1-2H3. The number of alkyl halides is 1. The maximum Gasteiger partial charge on any atom is 0.126 e. The highest BCUT2D eigenvalue weighted by atomic mass is 35.5. The normalized spacial score (nSPS) is 9.64. The van der Waals surface area contributed by atoms with E-state index in [9.17, 15) is 0 Å². The molecule has 1 aromatic carbocycles. The topological polar surface area (TPSA) is 27.7 Å². The van der Waals surface area contributed by atoms with Crippen LogP contribution >= 0.6 is 11.6 Å². The van der Waals surface area contributed by atoms with E-state index in [1.54, 1.807) is 32.4 Å². The second-order valence-corrected chi connectivity index (χ2v) is 2.96. The Labute approximate surface area is 88.5 Å². The molecule has 1 aromatic rings. The Hall–Kier alpha value is -1.09. The molecule has 0 aromatic heterocycles. The second kappa shape index (κ2) is 5.60. The van der Waals surface area contributed by atoms with Gasteiger partial charge in [-0.05, 0) is 0 Å². The zero-order valence-corrected chi connectivity index (χ0v) is 9.00. The van der Waals surface area contributed by atoms with Crippen molar-refractivity contribution in [3.05, 3.63) is 18.2 Å². The van der Waals surface area contributed by atoms with Crippen molar-refractivity contribution in [1.82, 2.24) is 0 Å². The second-order valence-electron chi connectivity index (χ2n) is 2.59. The molecule has 0 bridgehead atoms. The average molecular weight is 217 g/mol. The summed E-state index contributed by atoms with van der Waals surface area (Å²) < 4.78 is 15.5. The Morgan fingerprint density at radius 2 is 1.50 bits per heavy atom. The van der Waals surface area contributed by atoms with Crippen LogP contribution < -0.4 is 14.2 Å². The smallest absolute Gasteiger partial charge is 0.126 e. The Bertz CT molecular complexity index is 266. The Morgan fingerprint density at radius 3 is 1.93 bits per heavy atom. The van der Waals surface area contributed by atoms with E-state index in [1.165, 1.54) is 0 Å². The molecule has 0 radical (unpaired) electrons. The van der Waals surface area contributed by atoms with Crippen LogP contribution in [-0.4, -0.2) is 26.7 Å². The number of rotatable bonds is 5. The molecule has 0 aliphatic rings. The molecule has 0 aliphatic carbocycles. The predicted molar refractivity (Wildman–Crippen MR) is 55.8 cm³/mol. The van der Waals surface area contributed by atoms with Gasteiger partial charge >= 0.3 is 0 Å². The van der Waals surface area contributed by atoms with E-state index in [2.05, 4.69) is 0 Å². The Balaban J connectivity index is 2.81. The van der Waals surface area contributed by atoms with Crippen LogP contribution in [0.5, 0.6) is 17.2 Å². The molecule has 0 aliphatic heterocycles. The van der Waals surface area contributed by atoms with Crippen LogP contribution in [0.15, 0.2) is 18.2 Å². The first kappa shape index (κ1) is 11.0. The van der Waals surface area contributed by atoms with E-state index in [1.807, 2.05) is 0 Å². The van der Waals surface area contributed by atoms with E-state index >= 15 is 0 Å². The van der Waals surface area contributed by atoms with Gasteiger partial charge in [0.05, 0.1) is 20.1 Å². The van der Waals surface area contributed by atoms with E-state index in [4.69, 9.17) is 25.8 Å². The summed E-state index contributed by atoms with van der Waals surface area (Å²) in [6.45, 7) is 0.470. The maximum absolute atomic E-state index is 5.51. The monoisotopic (exact) mass is 216 g/mol. The van der Waals surface area contributed by atoms with E-state index in [-0.39, 0.29) is 0 Å². The summed E-state index contributed by atoms with van der Waals surface area (Å²) >= 11 is 5.51. The number of benzene rings is 1. The summed E-state index contributed by atoms with van der Waals surface area (Å²) in [5, 5.41) is 0. The quantitative estimate of drug-likeness (QED) is 0.707. The lowest BCUT2D eigenvalue weighted by atomic mass is 10.3. The van der Waals surface area contributed by atoms with Crippen LogP contribution in [0.25, 0.3) is 0 Å². The summed E-state index contributed by atoms with van der Waals surface area (Å²) in [5.41, 5.74) is 0. The first-order chi connectivity index (χ1) is 6.80. The van der Waals surface area contributed by atoms with Crippen molar-refractivity contribution in [2.75, 3.05) is 26.7 Å². The number of hydrogen-bond donors (Lipinski definition) is 0. The summed E-state index contributed by atoms with van der Waals surface area (Å²) in [5.74, 6) is 2.56. The lowest BCUT2D eigenvalue weighted by Gasteiger charge is -2.08. The Kier molecular flexibility index (Phi) is 4.40. The van der Waals surface area contributed by atoms with Gasteiger partial charge in [0, 0.05) is 18.2 Å². The fourth-order valence-electron chi connectivity index (χ4n) is 1.02. The van der Waals surface area contributed by atoms with Crippen LogP contribution in [0.2, 0.25) is 0 Å². The third-order valence-corrected chi connectivity index (χ3v) is 1.83. The molecule has 78 valence electrons. The predicted octanol–water partition coefficient (Wildman–Crippen LogP) is 2.32. The van der Waals surface area contributed by atoms with Gasteiger partial charge in [0.15, 0.2) is 0 Å². The van der Waals surface area contributed by atoms with Crippen molar-refractivity contribution in [1.29, 1.82) is 0 Å². The molecule has 0 amide bonds. The van der Waals surface area contributed by atoms with Gasteiger partial charge in [-0.2, -0.15) is 0 Å². The molecule has 0 spiro atoms. The molecule has 14 heavy (non-hydrogen) atoms. The van der Waals surface area contributed by atoms with Crippen molar-refractivity contribution in [3.63, 3.8) is 0 Å². The minimum atomic E-state index is 0.458. The highest BCUT2D eigenvalue weighted by molar-refractivity contribution is 6.18. The third kappa shape index (κ3) is 3.00. The minimum absolute atomic E-state index is 0.458. The Morgan fingerprint density at radius 1 is 1.00 bits per heavy atom. The van der Waals surface area contributed by atoms with Crippen LogP contribution in [0, 0.1) is 0 Å². The molecule has 0 fully saturated rings. The van der Waals surface area contributed by atoms with Gasteiger partial charge in [0.2, 0.25) is 0 Å². The lowest BCUT2D eigenvalue weighted by molar-refractivity contribution is 0.333. The van der Waals surface area contributed by atoms with Gasteiger partial charge < -0.3 is 14.2 Å². The number of methoxy groups -OCH3 is 2. The van der Waals surface area contributed by atoms with Crippen molar-refractivity contribution in [3.8, 4) is 17.2 Å². The number of hydrogen-bond acceptors (Lipinski definition) is 3. The van der Waals surface area contributed by atoms with Gasteiger partial charge in [-0.15, -0.1) is 11.6 Å². The zero-order valence-electron chi connectivity index (χ0n) is 8.25. The fourth-order valence-corrected chi connectivity index (χ4v) is 1.10. The highest BCUT2D eigenvalue weighted by Crippen LogP contribution is 2.27. The van der Waals surface area contributed by atoms with Gasteiger partial charge in [-0.1, -0.05) is 0 Å². The van der Waals surface area contributed by atoms with E-state index in [0.29, 0.717) is 29.7 Å². The molecular formula is C10H13ClO3. The van der Waals surface area contributed by atoms with Gasteiger partial charge in [0.1, 0.15) is 23.9 Å². The zero-order chi connectivity index (χ0) is 10.4. The highest BCUT2D eigenvalue weighted by Gasteiger charge is 2.01. The summed E-state index contributed by atoms with van der Waals surface area (Å²) in [7, 11) is 3.19. The molecule has 0 heterocycles. The van der Waals surface area contributed by atoms with Crippen molar-refractivity contribution < 1.29 is 14.2 Å². The van der Waals surface area contributed by atoms with Gasteiger partial charge in [0.25, 0.3) is 0 Å². The number of halogens is 1. The van der Waals surface area contributed by atoms with Crippen LogP contribution in [0.1, 0.15) is 0 Å². The molecule has 4 heteroatoms. The molecule has 0 unspecified atom stereocenters. The molecule has 3 nitrogen and oxygen atoms in total. The SMILES string of the molecule is COc1cc(OC)cc(OCCCl)c1. The first-order valence-corrected chi connectivity index (χ1v) is 4.75. The summed E-state index contributed by atoms with van der Waals surface area (Å²) in [4.78, 5) is 0. The largest absolute Gasteiger partial charge is 0.496 e. The molecular weight excluding hydrogens is 204 g/mol. The summed E-state index contributed by atoms with van der Waals surface area (Å²) in [6, 6.07) is 5.36. The maximum atomic E-state index is 5.51. The number of ether oxygens (including phenoxy) is 3. The molecule has 0 N–H and O–H groups in total. The lowest BCUT2D eigenvalue weighted by Crippen LogP contribution is -1.98. The molecule has 0 atom stereocenters. The average Bonchev–Trinajstić information content (AvgIpc) is 2.25. The van der Waals surface area contributed by atoms with Crippen molar-refractivity contribution in [2.24, 2.45) is 0 Å². The minimum Gasteiger partial charge on any atom is -0.496 e. The van der Waals surface area contributed by atoms with Gasteiger partial charge in [-0.3, -0.25) is 0 Å². The molecule has 0 saturated heterocycles. The first-order valence-electron chi connectivity index (χ1n) is 4.22. The fraction of sp³-hybridized carbons (Fsp3) is 0.400. The third-order valence-electron chi connectivity index (χ3n) is 1.67. The van der Waals surface area contributed by atoms with E-state index < -0.39 is 0 Å². The van der Waals surface area contributed by atoms with Gasteiger partial charge in [-0.25, -0.2) is 0 Å².